The number of carbonyl (C=O) groups excluding carboxylic acids is 2. The van der Waals surface area contributed by atoms with Gasteiger partial charge in [-0.05, 0) is 33.6 Å². The summed E-state index contributed by atoms with van der Waals surface area (Å²) in [7, 11) is 0. The van der Waals surface area contributed by atoms with Crippen molar-refractivity contribution in [3.05, 3.63) is 17.5 Å². The minimum atomic E-state index is -0.473. The monoisotopic (exact) mass is 364 g/mol. The molecular formula is C18H28N4O4. The summed E-state index contributed by atoms with van der Waals surface area (Å²) in [6, 6.07) is 1.74. The molecule has 0 bridgehead atoms. The first kappa shape index (κ1) is 18.7. The molecule has 2 fully saturated rings. The number of hydrogen-bond donors (Lipinski definition) is 1. The molecule has 1 aromatic rings. The third-order valence-electron chi connectivity index (χ3n) is 4.48. The topological polar surface area (TPSA) is 87.9 Å². The number of amides is 2. The highest BCUT2D eigenvalue weighted by Crippen LogP contribution is 2.40. The molecule has 0 atom stereocenters. The van der Waals surface area contributed by atoms with E-state index < -0.39 is 5.60 Å². The Hall–Kier alpha value is -2.09. The highest BCUT2D eigenvalue weighted by atomic mass is 16.6. The second kappa shape index (κ2) is 7.65. The molecule has 2 amide bonds. The molecular weight excluding hydrogens is 336 g/mol. The SMILES string of the molecule is CC(C)(C)OC(=O)N1CCN(CCNC(=O)c2cc(C3CC3)on2)CC1. The van der Waals surface area contributed by atoms with E-state index in [1.165, 1.54) is 0 Å². The van der Waals surface area contributed by atoms with E-state index in [1.54, 1.807) is 11.0 Å². The van der Waals surface area contributed by atoms with Gasteiger partial charge in [0.2, 0.25) is 0 Å². The smallest absolute Gasteiger partial charge is 0.410 e. The Morgan fingerprint density at radius 1 is 1.27 bits per heavy atom. The van der Waals surface area contributed by atoms with E-state index in [1.807, 2.05) is 20.8 Å². The molecule has 8 nitrogen and oxygen atoms in total. The van der Waals surface area contributed by atoms with Crippen molar-refractivity contribution in [2.45, 2.75) is 45.1 Å². The number of carbonyl (C=O) groups is 2. The maximum Gasteiger partial charge on any atom is 0.410 e. The largest absolute Gasteiger partial charge is 0.444 e. The van der Waals surface area contributed by atoms with Crippen LogP contribution in [0.3, 0.4) is 0 Å². The highest BCUT2D eigenvalue weighted by Gasteiger charge is 2.29. The van der Waals surface area contributed by atoms with Gasteiger partial charge in [0, 0.05) is 51.3 Å². The van der Waals surface area contributed by atoms with Crippen LogP contribution in [0.5, 0.6) is 0 Å². The van der Waals surface area contributed by atoms with Crippen molar-refractivity contribution in [3.8, 4) is 0 Å². The lowest BCUT2D eigenvalue weighted by Crippen LogP contribution is -2.51. The van der Waals surface area contributed by atoms with Crippen LogP contribution in [0, 0.1) is 0 Å². The standard InChI is InChI=1S/C18H28N4O4/c1-18(2,3)25-17(24)22-10-8-21(9-11-22)7-6-19-16(23)14-12-15(26-20-14)13-4-5-13/h12-13H,4-11H2,1-3H3,(H,19,23). The molecule has 1 aliphatic carbocycles. The molecule has 1 aliphatic heterocycles. The van der Waals surface area contributed by atoms with E-state index >= 15 is 0 Å². The number of nitrogens with zero attached hydrogens (tertiary/aromatic N) is 3. The predicted octanol–water partition coefficient (Wildman–Crippen LogP) is 1.83. The maximum absolute atomic E-state index is 12.1. The summed E-state index contributed by atoms with van der Waals surface area (Å²) in [4.78, 5) is 28.1. The number of nitrogens with one attached hydrogen (secondary N) is 1. The van der Waals surface area contributed by atoms with Gasteiger partial charge in [0.25, 0.3) is 5.91 Å². The molecule has 0 aromatic carbocycles. The van der Waals surface area contributed by atoms with E-state index in [9.17, 15) is 9.59 Å². The third kappa shape index (κ3) is 5.20. The fourth-order valence-corrected chi connectivity index (χ4v) is 2.86. The summed E-state index contributed by atoms with van der Waals surface area (Å²) in [6.07, 6.45) is 1.97. The van der Waals surface area contributed by atoms with Crippen molar-refractivity contribution in [2.24, 2.45) is 0 Å². The van der Waals surface area contributed by atoms with E-state index in [0.717, 1.165) is 38.2 Å². The number of aromatic nitrogens is 1. The zero-order valence-corrected chi connectivity index (χ0v) is 15.8. The average molecular weight is 364 g/mol. The van der Waals surface area contributed by atoms with Gasteiger partial charge >= 0.3 is 6.09 Å². The van der Waals surface area contributed by atoms with Crippen LogP contribution in [0.25, 0.3) is 0 Å². The van der Waals surface area contributed by atoms with Crippen molar-refractivity contribution in [1.29, 1.82) is 0 Å². The Balaban J connectivity index is 1.34. The van der Waals surface area contributed by atoms with Gasteiger partial charge in [-0.1, -0.05) is 5.16 Å². The fraction of sp³-hybridized carbons (Fsp3) is 0.722. The lowest BCUT2D eigenvalue weighted by molar-refractivity contribution is 0.0147. The van der Waals surface area contributed by atoms with Crippen LogP contribution in [0.2, 0.25) is 0 Å². The molecule has 0 radical (unpaired) electrons. The van der Waals surface area contributed by atoms with Gasteiger partial charge in [-0.25, -0.2) is 4.79 Å². The minimum absolute atomic E-state index is 0.201. The summed E-state index contributed by atoms with van der Waals surface area (Å²) < 4.78 is 10.6. The number of hydrogen-bond acceptors (Lipinski definition) is 6. The fourth-order valence-electron chi connectivity index (χ4n) is 2.86. The summed E-state index contributed by atoms with van der Waals surface area (Å²) >= 11 is 0. The van der Waals surface area contributed by atoms with Crippen LogP contribution in [0.15, 0.2) is 10.6 Å². The van der Waals surface area contributed by atoms with Crippen molar-refractivity contribution in [3.63, 3.8) is 0 Å². The molecule has 1 N–H and O–H groups in total. The summed E-state index contributed by atoms with van der Waals surface area (Å²) in [5, 5.41) is 6.72. The molecule has 2 aliphatic rings. The van der Waals surface area contributed by atoms with Crippen LogP contribution in [0.4, 0.5) is 4.79 Å². The molecule has 1 saturated heterocycles. The summed E-state index contributed by atoms with van der Waals surface area (Å²) in [6.45, 7) is 9.69. The van der Waals surface area contributed by atoms with E-state index in [4.69, 9.17) is 9.26 Å². The van der Waals surface area contributed by atoms with Gasteiger partial charge in [0.15, 0.2) is 5.69 Å². The van der Waals surface area contributed by atoms with Gasteiger partial charge in [-0.3, -0.25) is 9.69 Å². The molecule has 144 valence electrons. The normalized spacial score (nSPS) is 18.7. The van der Waals surface area contributed by atoms with Crippen molar-refractivity contribution >= 4 is 12.0 Å². The molecule has 26 heavy (non-hydrogen) atoms. The zero-order chi connectivity index (χ0) is 18.7. The van der Waals surface area contributed by atoms with Gasteiger partial charge in [-0.2, -0.15) is 0 Å². The van der Waals surface area contributed by atoms with Gasteiger partial charge in [0.1, 0.15) is 11.4 Å². The number of ether oxygens (including phenoxy) is 1. The lowest BCUT2D eigenvalue weighted by Gasteiger charge is -2.35. The number of piperazine rings is 1. The van der Waals surface area contributed by atoms with Gasteiger partial charge in [-0.15, -0.1) is 0 Å². The minimum Gasteiger partial charge on any atom is -0.444 e. The Kier molecular flexibility index (Phi) is 5.50. The summed E-state index contributed by atoms with van der Waals surface area (Å²) in [5.74, 6) is 1.06. The molecule has 1 saturated carbocycles. The first-order valence-electron chi connectivity index (χ1n) is 9.27. The van der Waals surface area contributed by atoms with Crippen LogP contribution in [-0.2, 0) is 4.74 Å². The van der Waals surface area contributed by atoms with E-state index in [-0.39, 0.29) is 12.0 Å². The number of rotatable bonds is 5. The molecule has 0 spiro atoms. The second-order valence-corrected chi connectivity index (χ2v) is 7.95. The van der Waals surface area contributed by atoms with E-state index in [0.29, 0.717) is 31.2 Å². The predicted molar refractivity (Wildman–Crippen MR) is 95.1 cm³/mol. The Labute approximate surface area is 153 Å². The second-order valence-electron chi connectivity index (χ2n) is 7.95. The lowest BCUT2D eigenvalue weighted by atomic mass is 10.2. The molecule has 1 aromatic heterocycles. The molecule has 0 unspecified atom stereocenters. The zero-order valence-electron chi connectivity index (χ0n) is 15.8. The van der Waals surface area contributed by atoms with Crippen LogP contribution < -0.4 is 5.32 Å². The molecule has 8 heteroatoms. The Morgan fingerprint density at radius 3 is 2.58 bits per heavy atom. The Bertz CT molecular complexity index is 640. The average Bonchev–Trinajstić information content (AvgIpc) is 3.31. The van der Waals surface area contributed by atoms with E-state index in [2.05, 4.69) is 15.4 Å². The van der Waals surface area contributed by atoms with Gasteiger partial charge in [0.05, 0.1) is 0 Å². The van der Waals surface area contributed by atoms with Crippen molar-refractivity contribution < 1.29 is 18.8 Å². The Morgan fingerprint density at radius 2 is 1.96 bits per heavy atom. The highest BCUT2D eigenvalue weighted by molar-refractivity contribution is 5.92. The first-order chi connectivity index (χ1) is 12.3. The first-order valence-corrected chi connectivity index (χ1v) is 9.27. The quantitative estimate of drug-likeness (QED) is 0.858. The maximum atomic E-state index is 12.1. The van der Waals surface area contributed by atoms with Gasteiger partial charge < -0.3 is 19.5 Å². The van der Waals surface area contributed by atoms with Crippen LogP contribution >= 0.6 is 0 Å². The van der Waals surface area contributed by atoms with Crippen molar-refractivity contribution in [1.82, 2.24) is 20.3 Å². The van der Waals surface area contributed by atoms with Crippen LogP contribution in [-0.4, -0.2) is 71.8 Å². The third-order valence-corrected chi connectivity index (χ3v) is 4.48. The van der Waals surface area contributed by atoms with Crippen LogP contribution in [0.1, 0.15) is 55.8 Å². The molecule has 2 heterocycles. The van der Waals surface area contributed by atoms with Crippen molar-refractivity contribution in [2.75, 3.05) is 39.3 Å². The molecule has 3 rings (SSSR count). The summed E-state index contributed by atoms with van der Waals surface area (Å²) in [5.41, 5.74) is -0.124.